The average Bonchev–Trinajstić information content (AvgIpc) is 2.65. The Morgan fingerprint density at radius 1 is 0.867 bits per heavy atom. The van der Waals surface area contributed by atoms with Gasteiger partial charge in [0.1, 0.15) is 0 Å². The lowest BCUT2D eigenvalue weighted by atomic mass is 9.87. The molecule has 0 spiro atoms. The van der Waals surface area contributed by atoms with Crippen LogP contribution in [0.2, 0.25) is 5.28 Å². The number of nitrogens with zero attached hydrogens (tertiary/aromatic N) is 3. The number of anilines is 3. The second kappa shape index (κ2) is 8.47. The van der Waals surface area contributed by atoms with Gasteiger partial charge in [-0.1, -0.05) is 51.1 Å². The first kappa shape index (κ1) is 21.8. The molecule has 30 heavy (non-hydrogen) atoms. The van der Waals surface area contributed by atoms with Crippen molar-refractivity contribution in [1.82, 2.24) is 15.0 Å². The van der Waals surface area contributed by atoms with Crippen molar-refractivity contribution in [3.8, 4) is 0 Å². The molecule has 0 bridgehead atoms. The quantitative estimate of drug-likeness (QED) is 0.499. The van der Waals surface area contributed by atoms with Gasteiger partial charge in [-0.05, 0) is 46.3 Å². The van der Waals surface area contributed by atoms with E-state index in [0.717, 1.165) is 11.8 Å². The summed E-state index contributed by atoms with van der Waals surface area (Å²) in [5.74, 6) is 0.255. The van der Waals surface area contributed by atoms with Gasteiger partial charge in [0.2, 0.25) is 17.2 Å². The fourth-order valence-electron chi connectivity index (χ4n) is 2.79. The van der Waals surface area contributed by atoms with Crippen LogP contribution in [0.25, 0.3) is 0 Å². The van der Waals surface area contributed by atoms with Crippen molar-refractivity contribution < 1.29 is 13.2 Å². The van der Waals surface area contributed by atoms with Crippen LogP contribution in [0, 0.1) is 0 Å². The monoisotopic (exact) mass is 435 g/mol. The molecule has 0 amide bonds. The van der Waals surface area contributed by atoms with Gasteiger partial charge >= 0.3 is 6.18 Å². The zero-order chi connectivity index (χ0) is 21.9. The summed E-state index contributed by atoms with van der Waals surface area (Å²) in [5, 5.41) is 5.74. The van der Waals surface area contributed by atoms with Gasteiger partial charge in [-0.2, -0.15) is 28.1 Å². The highest BCUT2D eigenvalue weighted by Crippen LogP contribution is 2.32. The molecule has 0 saturated carbocycles. The van der Waals surface area contributed by atoms with Crippen molar-refractivity contribution in [1.29, 1.82) is 0 Å². The molecule has 0 atom stereocenters. The summed E-state index contributed by atoms with van der Waals surface area (Å²) >= 11 is 5.96. The fraction of sp³-hybridized carbons (Fsp3) is 0.286. The van der Waals surface area contributed by atoms with E-state index >= 15 is 0 Å². The van der Waals surface area contributed by atoms with Gasteiger partial charge in [-0.3, -0.25) is 0 Å². The van der Waals surface area contributed by atoms with Crippen LogP contribution in [0.4, 0.5) is 30.8 Å². The van der Waals surface area contributed by atoms with Crippen molar-refractivity contribution >= 4 is 29.2 Å². The molecule has 0 fully saturated rings. The number of alkyl halides is 3. The highest BCUT2D eigenvalue weighted by Gasteiger charge is 2.32. The molecule has 9 heteroatoms. The van der Waals surface area contributed by atoms with Gasteiger partial charge < -0.3 is 10.6 Å². The van der Waals surface area contributed by atoms with Crippen molar-refractivity contribution in [2.24, 2.45) is 0 Å². The Hall–Kier alpha value is -2.87. The first-order valence-electron chi connectivity index (χ1n) is 9.20. The smallest absolute Gasteiger partial charge is 0.350 e. The lowest BCUT2D eigenvalue weighted by Crippen LogP contribution is -2.13. The van der Waals surface area contributed by atoms with Gasteiger partial charge in [-0.25, -0.2) is 0 Å². The molecule has 0 aliphatic heterocycles. The average molecular weight is 436 g/mol. The molecule has 5 nitrogen and oxygen atoms in total. The third-order valence-electron chi connectivity index (χ3n) is 4.37. The third kappa shape index (κ3) is 5.60. The molecule has 0 aliphatic carbocycles. The summed E-state index contributed by atoms with van der Waals surface area (Å²) in [6, 6.07) is 13.1. The van der Waals surface area contributed by atoms with Gasteiger partial charge in [0, 0.05) is 12.2 Å². The molecule has 1 aromatic heterocycles. The summed E-state index contributed by atoms with van der Waals surface area (Å²) in [6.07, 6.45) is -4.44. The molecule has 3 aromatic rings. The minimum atomic E-state index is -4.44. The first-order chi connectivity index (χ1) is 14.0. The van der Waals surface area contributed by atoms with Crippen LogP contribution in [-0.2, 0) is 18.1 Å². The summed E-state index contributed by atoms with van der Waals surface area (Å²) < 4.78 is 39.4. The lowest BCUT2D eigenvalue weighted by molar-refractivity contribution is -0.138. The number of nitrogens with one attached hydrogen (secondary N) is 2. The van der Waals surface area contributed by atoms with Gasteiger partial charge in [0.25, 0.3) is 0 Å². The van der Waals surface area contributed by atoms with E-state index < -0.39 is 11.7 Å². The van der Waals surface area contributed by atoms with Crippen LogP contribution in [0.15, 0.2) is 48.5 Å². The van der Waals surface area contributed by atoms with Crippen LogP contribution < -0.4 is 10.6 Å². The number of hydrogen-bond acceptors (Lipinski definition) is 5. The van der Waals surface area contributed by atoms with Crippen LogP contribution in [0.1, 0.15) is 37.5 Å². The minimum absolute atomic E-state index is 0.0266. The predicted octanol–water partition coefficient (Wildman–Crippen LogP) is 6.20. The molecule has 1 heterocycles. The summed E-state index contributed by atoms with van der Waals surface area (Å²) in [4.78, 5) is 12.2. The van der Waals surface area contributed by atoms with Crippen molar-refractivity contribution in [2.75, 3.05) is 10.6 Å². The van der Waals surface area contributed by atoms with Crippen molar-refractivity contribution in [3.63, 3.8) is 0 Å². The number of hydrogen-bond donors (Lipinski definition) is 2. The zero-order valence-electron chi connectivity index (χ0n) is 16.7. The highest BCUT2D eigenvalue weighted by atomic mass is 35.5. The lowest BCUT2D eigenvalue weighted by Gasteiger charge is -2.19. The number of halogens is 4. The van der Waals surface area contributed by atoms with E-state index in [1.165, 1.54) is 17.7 Å². The molecule has 0 radical (unpaired) electrons. The van der Waals surface area contributed by atoms with E-state index in [2.05, 4.69) is 46.4 Å². The van der Waals surface area contributed by atoms with E-state index in [4.69, 9.17) is 11.6 Å². The molecule has 2 aromatic carbocycles. The van der Waals surface area contributed by atoms with E-state index in [1.807, 2.05) is 24.3 Å². The van der Waals surface area contributed by atoms with E-state index in [-0.39, 0.29) is 34.7 Å². The molecule has 158 valence electrons. The SMILES string of the molecule is CC(C)(C)c1ccc(Nc2nc(Cl)nc(NCc3ccccc3C(F)(F)F)n2)cc1. The fourth-order valence-corrected chi connectivity index (χ4v) is 2.95. The van der Waals surface area contributed by atoms with Crippen LogP contribution >= 0.6 is 11.6 Å². The van der Waals surface area contributed by atoms with Crippen molar-refractivity contribution in [2.45, 2.75) is 38.9 Å². The van der Waals surface area contributed by atoms with Gasteiger partial charge in [0.05, 0.1) is 5.56 Å². The summed E-state index contributed by atoms with van der Waals surface area (Å²) in [7, 11) is 0. The molecular formula is C21H21ClF3N5. The van der Waals surface area contributed by atoms with E-state index in [1.54, 1.807) is 6.07 Å². The summed E-state index contributed by atoms with van der Waals surface area (Å²) in [5.41, 5.74) is 1.31. The van der Waals surface area contributed by atoms with Gasteiger partial charge in [-0.15, -0.1) is 0 Å². The largest absolute Gasteiger partial charge is 0.416 e. The second-order valence-corrected chi connectivity index (χ2v) is 8.05. The molecule has 0 unspecified atom stereocenters. The number of aromatic nitrogens is 3. The number of rotatable bonds is 5. The van der Waals surface area contributed by atoms with Crippen molar-refractivity contribution in [3.05, 3.63) is 70.5 Å². The maximum atomic E-state index is 13.1. The Bertz CT molecular complexity index is 1010. The van der Waals surface area contributed by atoms with Crippen LogP contribution in [0.5, 0.6) is 0 Å². The Morgan fingerprint density at radius 2 is 1.50 bits per heavy atom. The van der Waals surface area contributed by atoms with Gasteiger partial charge in [0.15, 0.2) is 0 Å². The molecule has 0 saturated heterocycles. The highest BCUT2D eigenvalue weighted by molar-refractivity contribution is 6.28. The molecule has 2 N–H and O–H groups in total. The standard InChI is InChI=1S/C21H21ClF3N5/c1-20(2,3)14-8-10-15(11-9-14)27-19-29-17(22)28-18(30-19)26-12-13-6-4-5-7-16(13)21(23,24)25/h4-11H,12H2,1-3H3,(H2,26,27,28,29,30). The maximum Gasteiger partial charge on any atom is 0.416 e. The zero-order valence-corrected chi connectivity index (χ0v) is 17.4. The normalized spacial score (nSPS) is 12.0. The topological polar surface area (TPSA) is 62.7 Å². The predicted molar refractivity (Wildman–Crippen MR) is 112 cm³/mol. The maximum absolute atomic E-state index is 13.1. The Kier molecular flexibility index (Phi) is 6.17. The summed E-state index contributed by atoms with van der Waals surface area (Å²) in [6.45, 7) is 6.25. The second-order valence-electron chi connectivity index (χ2n) is 7.71. The first-order valence-corrected chi connectivity index (χ1v) is 9.58. The third-order valence-corrected chi connectivity index (χ3v) is 4.54. The Morgan fingerprint density at radius 3 is 2.13 bits per heavy atom. The van der Waals surface area contributed by atoms with Crippen LogP contribution in [-0.4, -0.2) is 15.0 Å². The Balaban J connectivity index is 1.75. The molecule has 0 aliphatic rings. The van der Waals surface area contributed by atoms with Crippen LogP contribution in [0.3, 0.4) is 0 Å². The number of benzene rings is 2. The molecular weight excluding hydrogens is 415 g/mol. The minimum Gasteiger partial charge on any atom is -0.350 e. The molecule has 3 rings (SSSR count). The Labute approximate surface area is 177 Å². The van der Waals surface area contributed by atoms with E-state index in [0.29, 0.717) is 0 Å². The van der Waals surface area contributed by atoms with E-state index in [9.17, 15) is 13.2 Å².